The van der Waals surface area contributed by atoms with E-state index in [0.29, 0.717) is 6.54 Å². The fraction of sp³-hybridized carbons (Fsp3) is 0.923. The van der Waals surface area contributed by atoms with Crippen LogP contribution < -0.4 is 10.6 Å². The zero-order chi connectivity index (χ0) is 13.1. The van der Waals surface area contributed by atoms with Crippen LogP contribution in [0.1, 0.15) is 47.5 Å². The molecular formula is C13H26N2O2. The fourth-order valence-corrected chi connectivity index (χ4v) is 1.86. The van der Waals surface area contributed by atoms with E-state index in [0.717, 1.165) is 19.4 Å². The highest BCUT2D eigenvalue weighted by Crippen LogP contribution is 2.24. The number of amides is 1. The first-order valence-corrected chi connectivity index (χ1v) is 6.47. The Labute approximate surface area is 104 Å². The van der Waals surface area contributed by atoms with E-state index in [1.54, 1.807) is 0 Å². The summed E-state index contributed by atoms with van der Waals surface area (Å²) >= 11 is 0. The van der Waals surface area contributed by atoms with Crippen LogP contribution in [0.2, 0.25) is 0 Å². The number of carbonyl (C=O) groups excluding carboxylic acids is 1. The molecule has 1 aliphatic heterocycles. The molecule has 0 saturated carbocycles. The van der Waals surface area contributed by atoms with Crippen LogP contribution in [0.5, 0.6) is 0 Å². The van der Waals surface area contributed by atoms with E-state index in [2.05, 4.69) is 24.5 Å². The van der Waals surface area contributed by atoms with Crippen LogP contribution in [-0.4, -0.2) is 36.2 Å². The summed E-state index contributed by atoms with van der Waals surface area (Å²) in [5.74, 6) is 0.0529. The van der Waals surface area contributed by atoms with Crippen LogP contribution in [0.4, 0.5) is 0 Å². The average molecular weight is 242 g/mol. The zero-order valence-corrected chi connectivity index (χ0v) is 11.7. The van der Waals surface area contributed by atoms with Crippen LogP contribution in [0, 0.1) is 0 Å². The van der Waals surface area contributed by atoms with Gasteiger partial charge in [0.1, 0.15) is 0 Å². The second kappa shape index (κ2) is 5.36. The highest BCUT2D eigenvalue weighted by atomic mass is 16.5. The van der Waals surface area contributed by atoms with Crippen LogP contribution in [-0.2, 0) is 9.53 Å². The molecule has 2 unspecified atom stereocenters. The smallest absolute Gasteiger partial charge is 0.234 e. The minimum atomic E-state index is -0.128. The molecule has 0 bridgehead atoms. The van der Waals surface area contributed by atoms with Crippen molar-refractivity contribution < 1.29 is 9.53 Å². The lowest BCUT2D eigenvalue weighted by Gasteiger charge is -2.30. The molecule has 0 aromatic carbocycles. The maximum atomic E-state index is 11.8. The van der Waals surface area contributed by atoms with Crippen molar-refractivity contribution in [3.8, 4) is 0 Å². The SMILES string of the molecule is CCC(C)(C)NC(=O)CNC1(C)CCOC1C. The van der Waals surface area contributed by atoms with Gasteiger partial charge in [-0.3, -0.25) is 4.79 Å². The third-order valence-corrected chi connectivity index (χ3v) is 3.90. The predicted molar refractivity (Wildman–Crippen MR) is 69.0 cm³/mol. The second-order valence-corrected chi connectivity index (χ2v) is 5.82. The Bertz CT molecular complexity index is 279. The minimum Gasteiger partial charge on any atom is -0.377 e. The predicted octanol–water partition coefficient (Wildman–Crippen LogP) is 1.45. The van der Waals surface area contributed by atoms with Crippen molar-refractivity contribution in [2.24, 2.45) is 0 Å². The molecule has 1 fully saturated rings. The highest BCUT2D eigenvalue weighted by molar-refractivity contribution is 5.78. The van der Waals surface area contributed by atoms with Crippen molar-refractivity contribution >= 4 is 5.91 Å². The summed E-state index contributed by atoms with van der Waals surface area (Å²) in [6, 6.07) is 0. The molecule has 1 saturated heterocycles. The Balaban J connectivity index is 2.38. The van der Waals surface area contributed by atoms with Gasteiger partial charge in [-0.05, 0) is 40.5 Å². The summed E-state index contributed by atoms with van der Waals surface area (Å²) in [6.45, 7) is 11.4. The van der Waals surface area contributed by atoms with Crippen LogP contribution in [0.15, 0.2) is 0 Å². The third-order valence-electron chi connectivity index (χ3n) is 3.90. The molecule has 2 atom stereocenters. The number of carbonyl (C=O) groups is 1. The van der Waals surface area contributed by atoms with Crippen LogP contribution in [0.3, 0.4) is 0 Å². The number of rotatable bonds is 5. The van der Waals surface area contributed by atoms with Gasteiger partial charge in [0, 0.05) is 17.7 Å². The van der Waals surface area contributed by atoms with Crippen molar-refractivity contribution in [1.29, 1.82) is 0 Å². The first kappa shape index (κ1) is 14.5. The Morgan fingerprint density at radius 1 is 1.53 bits per heavy atom. The summed E-state index contributed by atoms with van der Waals surface area (Å²) in [7, 11) is 0. The fourth-order valence-electron chi connectivity index (χ4n) is 1.86. The van der Waals surface area contributed by atoms with Crippen molar-refractivity contribution in [3.63, 3.8) is 0 Å². The van der Waals surface area contributed by atoms with E-state index in [1.807, 2.05) is 20.8 Å². The van der Waals surface area contributed by atoms with E-state index in [9.17, 15) is 4.79 Å². The Hall–Kier alpha value is -0.610. The minimum absolute atomic E-state index is 0.0529. The van der Waals surface area contributed by atoms with Crippen molar-refractivity contribution in [2.45, 2.75) is 64.6 Å². The molecule has 4 nitrogen and oxygen atoms in total. The topological polar surface area (TPSA) is 50.4 Å². The summed E-state index contributed by atoms with van der Waals surface area (Å²) in [5, 5.41) is 6.34. The molecule has 100 valence electrons. The lowest BCUT2D eigenvalue weighted by atomic mass is 9.94. The molecule has 17 heavy (non-hydrogen) atoms. The number of nitrogens with one attached hydrogen (secondary N) is 2. The first-order chi connectivity index (χ1) is 7.79. The Kier molecular flexibility index (Phi) is 4.55. The van der Waals surface area contributed by atoms with Crippen molar-refractivity contribution in [1.82, 2.24) is 10.6 Å². The molecule has 1 aliphatic rings. The van der Waals surface area contributed by atoms with Gasteiger partial charge >= 0.3 is 0 Å². The monoisotopic (exact) mass is 242 g/mol. The summed E-state index contributed by atoms with van der Waals surface area (Å²) in [5.41, 5.74) is -0.203. The van der Waals surface area contributed by atoms with Gasteiger partial charge in [-0.25, -0.2) is 0 Å². The van der Waals surface area contributed by atoms with Crippen molar-refractivity contribution in [2.75, 3.05) is 13.2 Å². The van der Waals surface area contributed by atoms with Gasteiger partial charge < -0.3 is 15.4 Å². The van der Waals surface area contributed by atoms with Gasteiger partial charge in [-0.2, -0.15) is 0 Å². The Morgan fingerprint density at radius 3 is 2.65 bits per heavy atom. The molecule has 1 amide bonds. The van der Waals surface area contributed by atoms with E-state index >= 15 is 0 Å². The summed E-state index contributed by atoms with van der Waals surface area (Å²) in [6.07, 6.45) is 2.04. The molecule has 0 spiro atoms. The van der Waals surface area contributed by atoms with E-state index in [1.165, 1.54) is 0 Å². The standard InChI is InChI=1S/C13H26N2O2/c1-6-12(3,4)15-11(16)9-14-13(5)7-8-17-10(13)2/h10,14H,6-9H2,1-5H3,(H,15,16). The maximum Gasteiger partial charge on any atom is 0.234 e. The molecule has 0 aromatic heterocycles. The van der Waals surface area contributed by atoms with Crippen molar-refractivity contribution in [3.05, 3.63) is 0 Å². The zero-order valence-electron chi connectivity index (χ0n) is 11.7. The molecule has 0 aromatic rings. The van der Waals surface area contributed by atoms with Gasteiger partial charge in [-0.1, -0.05) is 6.92 Å². The van der Waals surface area contributed by atoms with Gasteiger partial charge in [-0.15, -0.1) is 0 Å². The Morgan fingerprint density at radius 2 is 2.18 bits per heavy atom. The molecular weight excluding hydrogens is 216 g/mol. The molecule has 4 heteroatoms. The first-order valence-electron chi connectivity index (χ1n) is 6.47. The lowest BCUT2D eigenvalue weighted by Crippen LogP contribution is -2.53. The largest absolute Gasteiger partial charge is 0.377 e. The third kappa shape index (κ3) is 3.96. The lowest BCUT2D eigenvalue weighted by molar-refractivity contribution is -0.122. The van der Waals surface area contributed by atoms with E-state index in [4.69, 9.17) is 4.74 Å². The normalized spacial score (nSPS) is 29.4. The molecule has 0 radical (unpaired) electrons. The highest BCUT2D eigenvalue weighted by Gasteiger charge is 2.36. The maximum absolute atomic E-state index is 11.8. The van der Waals surface area contributed by atoms with Gasteiger partial charge in [0.25, 0.3) is 0 Å². The van der Waals surface area contributed by atoms with E-state index < -0.39 is 0 Å². The number of hydrogen-bond acceptors (Lipinski definition) is 3. The quantitative estimate of drug-likeness (QED) is 0.767. The summed E-state index contributed by atoms with van der Waals surface area (Å²) < 4.78 is 5.53. The number of hydrogen-bond donors (Lipinski definition) is 2. The molecule has 0 aliphatic carbocycles. The molecule has 1 rings (SSSR count). The van der Waals surface area contributed by atoms with Gasteiger partial charge in [0.2, 0.25) is 5.91 Å². The second-order valence-electron chi connectivity index (χ2n) is 5.82. The molecule has 1 heterocycles. The van der Waals surface area contributed by atoms with E-state index in [-0.39, 0.29) is 23.1 Å². The summed E-state index contributed by atoms with van der Waals surface area (Å²) in [4.78, 5) is 11.8. The van der Waals surface area contributed by atoms with Gasteiger partial charge in [0.05, 0.1) is 12.6 Å². The van der Waals surface area contributed by atoms with Crippen LogP contribution in [0.25, 0.3) is 0 Å². The number of ether oxygens (including phenoxy) is 1. The van der Waals surface area contributed by atoms with Gasteiger partial charge in [0.15, 0.2) is 0 Å². The van der Waals surface area contributed by atoms with Crippen LogP contribution >= 0.6 is 0 Å². The average Bonchev–Trinajstić information content (AvgIpc) is 2.57. The molecule has 2 N–H and O–H groups in total.